The smallest absolute Gasteiger partial charge is 0.126 e. The summed E-state index contributed by atoms with van der Waals surface area (Å²) in [7, 11) is 0. The summed E-state index contributed by atoms with van der Waals surface area (Å²) in [5.41, 5.74) is 0.880. The van der Waals surface area contributed by atoms with E-state index in [0.717, 1.165) is 18.4 Å². The van der Waals surface area contributed by atoms with Crippen molar-refractivity contribution in [1.29, 1.82) is 0 Å². The van der Waals surface area contributed by atoms with Crippen LogP contribution in [0.3, 0.4) is 0 Å². The molecule has 0 aromatic heterocycles. The van der Waals surface area contributed by atoms with Gasteiger partial charge in [0.1, 0.15) is 5.82 Å². The lowest BCUT2D eigenvalue weighted by Gasteiger charge is -2.04. The molecule has 0 aliphatic carbocycles. The maximum atomic E-state index is 13.4. The normalized spacial score (nSPS) is 11.0. The van der Waals surface area contributed by atoms with Crippen LogP contribution in [0.5, 0.6) is 0 Å². The Morgan fingerprint density at radius 2 is 1.09 bits per heavy atom. The van der Waals surface area contributed by atoms with Gasteiger partial charge in [-0.25, -0.2) is 4.39 Å². The number of aryl methyl sites for hydroxylation is 1. The Kier molecular flexibility index (Phi) is 12.0. The molecule has 0 unspecified atom stereocenters. The van der Waals surface area contributed by atoms with E-state index in [1.807, 2.05) is 12.1 Å². The van der Waals surface area contributed by atoms with E-state index < -0.39 is 0 Å². The summed E-state index contributed by atoms with van der Waals surface area (Å²) in [6.45, 7) is 2.27. The standard InChI is InChI=1S/C21H35F/c1-2-3-4-5-6-7-8-9-10-11-12-13-14-17-20-18-15-16-19-21(20)22/h15-16,18-19H,2-14,17H2,1H3. The molecule has 22 heavy (non-hydrogen) atoms. The van der Waals surface area contributed by atoms with Crippen LogP contribution in [-0.2, 0) is 6.42 Å². The predicted molar refractivity (Wildman–Crippen MR) is 95.8 cm³/mol. The van der Waals surface area contributed by atoms with Crippen LogP contribution in [0.25, 0.3) is 0 Å². The molecule has 126 valence electrons. The second kappa shape index (κ2) is 13.8. The molecule has 0 amide bonds. The van der Waals surface area contributed by atoms with Crippen molar-refractivity contribution in [2.24, 2.45) is 0 Å². The molecule has 1 rings (SSSR count). The SMILES string of the molecule is CCCCCCCCCCCCCCCc1ccccc1F. The van der Waals surface area contributed by atoms with Gasteiger partial charge >= 0.3 is 0 Å². The summed E-state index contributed by atoms with van der Waals surface area (Å²) < 4.78 is 13.4. The highest BCUT2D eigenvalue weighted by Crippen LogP contribution is 2.14. The molecular weight excluding hydrogens is 271 g/mol. The van der Waals surface area contributed by atoms with Crippen LogP contribution in [0.2, 0.25) is 0 Å². The maximum absolute atomic E-state index is 13.4. The van der Waals surface area contributed by atoms with Crippen molar-refractivity contribution in [3.8, 4) is 0 Å². The third-order valence-electron chi connectivity index (χ3n) is 4.51. The lowest BCUT2D eigenvalue weighted by atomic mass is 10.0. The third kappa shape index (κ3) is 9.97. The first-order valence-electron chi connectivity index (χ1n) is 9.58. The van der Waals surface area contributed by atoms with E-state index in [9.17, 15) is 4.39 Å². The number of unbranched alkanes of at least 4 members (excludes halogenated alkanes) is 12. The van der Waals surface area contributed by atoms with Gasteiger partial charge < -0.3 is 0 Å². The van der Waals surface area contributed by atoms with Gasteiger partial charge in [0, 0.05) is 0 Å². The first-order chi connectivity index (χ1) is 10.8. The average molecular weight is 307 g/mol. The molecule has 0 nitrogen and oxygen atoms in total. The first kappa shape index (κ1) is 19.2. The molecule has 0 fully saturated rings. The van der Waals surface area contributed by atoms with Crippen molar-refractivity contribution in [3.63, 3.8) is 0 Å². The van der Waals surface area contributed by atoms with E-state index in [2.05, 4.69) is 6.92 Å². The predicted octanol–water partition coefficient (Wildman–Crippen LogP) is 7.46. The fraction of sp³-hybridized carbons (Fsp3) is 0.714. The van der Waals surface area contributed by atoms with Crippen molar-refractivity contribution < 1.29 is 4.39 Å². The van der Waals surface area contributed by atoms with Crippen molar-refractivity contribution >= 4 is 0 Å². The topological polar surface area (TPSA) is 0 Å². The summed E-state index contributed by atoms with van der Waals surface area (Å²) >= 11 is 0. The summed E-state index contributed by atoms with van der Waals surface area (Å²) in [5, 5.41) is 0. The van der Waals surface area contributed by atoms with Gasteiger partial charge in [0.2, 0.25) is 0 Å². The number of hydrogen-bond donors (Lipinski definition) is 0. The molecule has 0 atom stereocenters. The van der Waals surface area contributed by atoms with E-state index in [1.165, 1.54) is 77.0 Å². The number of halogens is 1. The lowest BCUT2D eigenvalue weighted by molar-refractivity contribution is 0.537. The third-order valence-corrected chi connectivity index (χ3v) is 4.51. The van der Waals surface area contributed by atoms with Gasteiger partial charge in [-0.3, -0.25) is 0 Å². The maximum Gasteiger partial charge on any atom is 0.126 e. The largest absolute Gasteiger partial charge is 0.207 e. The van der Waals surface area contributed by atoms with Crippen molar-refractivity contribution in [2.75, 3.05) is 0 Å². The van der Waals surface area contributed by atoms with Gasteiger partial charge in [0.05, 0.1) is 0 Å². The van der Waals surface area contributed by atoms with Gasteiger partial charge in [0.25, 0.3) is 0 Å². The van der Waals surface area contributed by atoms with Crippen molar-refractivity contribution in [3.05, 3.63) is 35.6 Å². The quantitative estimate of drug-likeness (QED) is 0.313. The van der Waals surface area contributed by atoms with E-state index in [0.29, 0.717) is 0 Å². The molecule has 1 aromatic carbocycles. The zero-order valence-electron chi connectivity index (χ0n) is 14.6. The molecule has 0 saturated carbocycles. The molecule has 0 bridgehead atoms. The Hall–Kier alpha value is -0.850. The molecule has 0 heterocycles. The summed E-state index contributed by atoms with van der Waals surface area (Å²) in [6, 6.07) is 7.18. The van der Waals surface area contributed by atoms with Crippen molar-refractivity contribution in [1.82, 2.24) is 0 Å². The Morgan fingerprint density at radius 1 is 0.636 bits per heavy atom. The van der Waals surface area contributed by atoms with Crippen LogP contribution in [0.15, 0.2) is 24.3 Å². The van der Waals surface area contributed by atoms with Gasteiger partial charge in [-0.1, -0.05) is 102 Å². The number of hydrogen-bond acceptors (Lipinski definition) is 0. The minimum atomic E-state index is -0.0403. The Bertz CT molecular complexity index is 359. The van der Waals surface area contributed by atoms with E-state index in [-0.39, 0.29) is 5.82 Å². The highest BCUT2D eigenvalue weighted by Gasteiger charge is 2.00. The average Bonchev–Trinajstić information content (AvgIpc) is 2.53. The van der Waals surface area contributed by atoms with Gasteiger partial charge in [-0.15, -0.1) is 0 Å². The first-order valence-corrected chi connectivity index (χ1v) is 9.58. The van der Waals surface area contributed by atoms with Gasteiger partial charge in [-0.05, 0) is 24.5 Å². The summed E-state index contributed by atoms with van der Waals surface area (Å²) in [5.74, 6) is -0.0403. The number of rotatable bonds is 14. The van der Waals surface area contributed by atoms with Gasteiger partial charge in [-0.2, -0.15) is 0 Å². The molecule has 1 aromatic rings. The van der Waals surface area contributed by atoms with E-state index in [1.54, 1.807) is 12.1 Å². The minimum Gasteiger partial charge on any atom is -0.207 e. The summed E-state index contributed by atoms with van der Waals surface area (Å²) in [4.78, 5) is 0. The second-order valence-corrected chi connectivity index (χ2v) is 6.58. The van der Waals surface area contributed by atoms with Crippen LogP contribution in [-0.4, -0.2) is 0 Å². The molecule has 0 aliphatic rings. The Balaban J connectivity index is 1.81. The fourth-order valence-electron chi connectivity index (χ4n) is 3.03. The highest BCUT2D eigenvalue weighted by molar-refractivity contribution is 5.17. The molecule has 0 saturated heterocycles. The molecule has 0 N–H and O–H groups in total. The van der Waals surface area contributed by atoms with E-state index in [4.69, 9.17) is 0 Å². The molecule has 0 radical (unpaired) electrons. The fourth-order valence-corrected chi connectivity index (χ4v) is 3.03. The summed E-state index contributed by atoms with van der Waals surface area (Å²) in [6.07, 6.45) is 18.6. The zero-order chi connectivity index (χ0) is 15.9. The van der Waals surface area contributed by atoms with Crippen LogP contribution in [0.4, 0.5) is 4.39 Å². The van der Waals surface area contributed by atoms with Crippen LogP contribution in [0.1, 0.15) is 96.0 Å². The Labute approximate surface area is 137 Å². The van der Waals surface area contributed by atoms with E-state index >= 15 is 0 Å². The molecule has 0 spiro atoms. The highest BCUT2D eigenvalue weighted by atomic mass is 19.1. The molecular formula is C21H35F. The monoisotopic (exact) mass is 306 g/mol. The number of benzene rings is 1. The van der Waals surface area contributed by atoms with Crippen LogP contribution < -0.4 is 0 Å². The molecule has 1 heteroatoms. The van der Waals surface area contributed by atoms with Crippen LogP contribution >= 0.6 is 0 Å². The Morgan fingerprint density at radius 3 is 1.59 bits per heavy atom. The second-order valence-electron chi connectivity index (χ2n) is 6.58. The lowest BCUT2D eigenvalue weighted by Crippen LogP contribution is -1.90. The zero-order valence-corrected chi connectivity index (χ0v) is 14.6. The van der Waals surface area contributed by atoms with Crippen LogP contribution in [0, 0.1) is 5.82 Å². The minimum absolute atomic E-state index is 0.0403. The molecule has 0 aliphatic heterocycles. The van der Waals surface area contributed by atoms with Gasteiger partial charge in [0.15, 0.2) is 0 Å². The van der Waals surface area contributed by atoms with Crippen molar-refractivity contribution in [2.45, 2.75) is 96.8 Å².